The van der Waals surface area contributed by atoms with Gasteiger partial charge in [0, 0.05) is 6.26 Å². The van der Waals surface area contributed by atoms with Crippen molar-refractivity contribution < 1.29 is 30.5 Å². The summed E-state index contributed by atoms with van der Waals surface area (Å²) in [7, 11) is -3.18. The van der Waals surface area contributed by atoms with Crippen LogP contribution in [0, 0.1) is 5.82 Å². The molecule has 0 aliphatic rings. The summed E-state index contributed by atoms with van der Waals surface area (Å²) >= 11 is 0. The molecule has 0 amide bonds. The summed E-state index contributed by atoms with van der Waals surface area (Å²) in [6.07, 6.45) is 1.09. The minimum Gasteiger partial charge on any atom is -0.497 e. The molecule has 0 saturated carbocycles. The molecule has 1 aromatic carbocycles. The van der Waals surface area contributed by atoms with Gasteiger partial charge in [-0.15, -0.1) is 0 Å². The summed E-state index contributed by atoms with van der Waals surface area (Å²) in [6.45, 7) is -5.57. The highest BCUT2D eigenvalue weighted by molar-refractivity contribution is 7.90. The Morgan fingerprint density at radius 3 is 2.42 bits per heavy atom. The lowest BCUT2D eigenvalue weighted by atomic mass is 9.79. The second kappa shape index (κ2) is 5.81. The molecule has 0 N–H and O–H groups in total. The molecule has 0 atom stereocenters. The van der Waals surface area contributed by atoms with Crippen molar-refractivity contribution in [3.05, 3.63) is 24.0 Å². The smallest absolute Gasteiger partial charge is 0.497 e. The molecule has 9 heteroatoms. The summed E-state index contributed by atoms with van der Waals surface area (Å²) in [6, 6.07) is 2.11. The fourth-order valence-electron chi connectivity index (χ4n) is 1.41. The third-order valence-electron chi connectivity index (χ3n) is 2.24. The zero-order valence-corrected chi connectivity index (χ0v) is 10.9. The van der Waals surface area contributed by atoms with Crippen LogP contribution in [0.3, 0.4) is 0 Å². The quantitative estimate of drug-likeness (QED) is 0.456. The zero-order chi connectivity index (χ0) is 14.7. The van der Waals surface area contributed by atoms with Crippen LogP contribution in [0.4, 0.5) is 17.3 Å². The lowest BCUT2D eigenvalue weighted by molar-refractivity contribution is 0.318. The van der Waals surface area contributed by atoms with Crippen molar-refractivity contribution in [2.75, 3.05) is 18.6 Å². The molecule has 0 saturated heterocycles. The molecule has 0 aromatic heterocycles. The minimum atomic E-state index is -5.39. The Bertz CT molecular complexity index is 542. The van der Waals surface area contributed by atoms with Crippen molar-refractivity contribution in [3.8, 4) is 5.75 Å². The molecule has 0 bridgehead atoms. The number of benzene rings is 1. The van der Waals surface area contributed by atoms with Crippen LogP contribution in [-0.4, -0.2) is 34.0 Å². The number of hydrogen-bond acceptors (Lipinski definition) is 3. The first kappa shape index (κ1) is 15.8. The van der Waals surface area contributed by atoms with Gasteiger partial charge in [0.05, 0.1) is 18.1 Å². The van der Waals surface area contributed by atoms with E-state index in [-0.39, 0.29) is 18.8 Å². The van der Waals surface area contributed by atoms with Gasteiger partial charge in [0.2, 0.25) is 0 Å². The Morgan fingerprint density at radius 1 is 1.26 bits per heavy atom. The van der Waals surface area contributed by atoms with Crippen LogP contribution in [-0.2, 0) is 9.84 Å². The van der Waals surface area contributed by atoms with E-state index < -0.39 is 33.8 Å². The molecule has 1 aromatic rings. The lowest BCUT2D eigenvalue weighted by Gasteiger charge is -2.19. The van der Waals surface area contributed by atoms with Gasteiger partial charge in [-0.25, -0.2) is 12.8 Å². The average molecular weight is 299 g/mol. The summed E-state index contributed by atoms with van der Waals surface area (Å²) in [5, 5.41) is 0. The molecule has 0 unspecified atom stereocenters. The highest BCUT2D eigenvalue weighted by atomic mass is 32.2. The van der Waals surface area contributed by atoms with Crippen LogP contribution in [0.5, 0.6) is 5.75 Å². The summed E-state index contributed by atoms with van der Waals surface area (Å²) < 4.78 is 77.3. The molecule has 3 nitrogen and oxygen atoms in total. The molecule has 0 aliphatic heterocycles. The van der Waals surface area contributed by atoms with Gasteiger partial charge >= 0.3 is 6.98 Å². The van der Waals surface area contributed by atoms with E-state index in [9.17, 15) is 25.8 Å². The Balaban J connectivity index is 2.73. The first-order chi connectivity index (χ1) is 8.59. The topological polar surface area (TPSA) is 43.4 Å². The molecule has 0 aliphatic carbocycles. The van der Waals surface area contributed by atoms with Crippen molar-refractivity contribution in [2.45, 2.75) is 6.42 Å². The monoisotopic (exact) mass is 299 g/mol. The number of rotatable bonds is 6. The van der Waals surface area contributed by atoms with E-state index in [0.717, 1.165) is 18.4 Å². The Kier molecular flexibility index (Phi) is 4.83. The fourth-order valence-corrected chi connectivity index (χ4v) is 2.05. The molecule has 19 heavy (non-hydrogen) atoms. The SMILES string of the molecule is CS(=O)(=O)CCCOc1ccc(F)cc1[B-](F)(F)F. The first-order valence-electron chi connectivity index (χ1n) is 5.39. The van der Waals surface area contributed by atoms with Crippen LogP contribution in [0.15, 0.2) is 18.2 Å². The molecular formula is C10H12BF4O3S-. The van der Waals surface area contributed by atoms with Gasteiger partial charge in [-0.05, 0) is 24.6 Å². The van der Waals surface area contributed by atoms with Crippen molar-refractivity contribution in [1.29, 1.82) is 0 Å². The predicted molar refractivity (Wildman–Crippen MR) is 64.9 cm³/mol. The van der Waals surface area contributed by atoms with Crippen LogP contribution in [0.25, 0.3) is 0 Å². The van der Waals surface area contributed by atoms with E-state index in [0.29, 0.717) is 6.07 Å². The summed E-state index contributed by atoms with van der Waals surface area (Å²) in [5.74, 6) is -1.67. The van der Waals surface area contributed by atoms with Gasteiger partial charge in [0.25, 0.3) is 0 Å². The largest absolute Gasteiger partial charge is 0.513 e. The predicted octanol–water partition coefficient (Wildman–Crippen LogP) is 1.69. The fraction of sp³-hybridized carbons (Fsp3) is 0.400. The molecule has 0 spiro atoms. The van der Waals surface area contributed by atoms with Crippen LogP contribution < -0.4 is 10.2 Å². The van der Waals surface area contributed by atoms with Gasteiger partial charge in [0.1, 0.15) is 15.7 Å². The van der Waals surface area contributed by atoms with Gasteiger partial charge in [0.15, 0.2) is 0 Å². The van der Waals surface area contributed by atoms with E-state index >= 15 is 0 Å². The highest BCUT2D eigenvalue weighted by Gasteiger charge is 2.29. The van der Waals surface area contributed by atoms with Crippen LogP contribution in [0.2, 0.25) is 0 Å². The maximum atomic E-state index is 12.8. The van der Waals surface area contributed by atoms with Crippen molar-refractivity contribution >= 4 is 22.3 Å². The van der Waals surface area contributed by atoms with Crippen molar-refractivity contribution in [3.63, 3.8) is 0 Å². The third-order valence-corrected chi connectivity index (χ3v) is 3.27. The molecule has 0 fully saturated rings. The van der Waals surface area contributed by atoms with Gasteiger partial charge in [-0.3, -0.25) is 0 Å². The number of hydrogen-bond donors (Lipinski definition) is 0. The van der Waals surface area contributed by atoms with Gasteiger partial charge < -0.3 is 17.7 Å². The van der Waals surface area contributed by atoms with E-state index in [1.165, 1.54) is 0 Å². The molecule has 108 valence electrons. The standard InChI is InChI=1S/C10H12BF4O3S/c1-19(16,17)6-2-5-18-10-4-3-8(12)7-9(10)11(13,14)15/h3-4,7H,2,5-6H2,1H3/q-1. The maximum absolute atomic E-state index is 12.8. The van der Waals surface area contributed by atoms with Gasteiger partial charge in [-0.2, -0.15) is 0 Å². The van der Waals surface area contributed by atoms with Crippen LogP contribution in [0.1, 0.15) is 6.42 Å². The normalized spacial score (nSPS) is 12.5. The maximum Gasteiger partial charge on any atom is 0.513 e. The van der Waals surface area contributed by atoms with Gasteiger partial charge in [-0.1, -0.05) is 5.46 Å². The first-order valence-corrected chi connectivity index (χ1v) is 7.45. The molecule has 1 rings (SSSR count). The third kappa shape index (κ3) is 5.50. The Morgan fingerprint density at radius 2 is 1.89 bits per heavy atom. The number of halogens is 4. The van der Waals surface area contributed by atoms with E-state index in [1.807, 2.05) is 0 Å². The summed E-state index contributed by atoms with van der Waals surface area (Å²) in [4.78, 5) is 0. The van der Waals surface area contributed by atoms with E-state index in [2.05, 4.69) is 0 Å². The second-order valence-electron chi connectivity index (χ2n) is 4.09. The molecule has 0 radical (unpaired) electrons. The van der Waals surface area contributed by atoms with E-state index in [4.69, 9.17) is 4.74 Å². The Hall–Kier alpha value is -1.25. The van der Waals surface area contributed by atoms with Crippen molar-refractivity contribution in [1.82, 2.24) is 0 Å². The second-order valence-corrected chi connectivity index (χ2v) is 6.35. The lowest BCUT2D eigenvalue weighted by Crippen LogP contribution is -2.35. The summed E-state index contributed by atoms with van der Waals surface area (Å²) in [5.41, 5.74) is -1.15. The number of sulfone groups is 1. The minimum absolute atomic E-state index is 0.0699. The van der Waals surface area contributed by atoms with Crippen LogP contribution >= 0.6 is 0 Å². The van der Waals surface area contributed by atoms with E-state index in [1.54, 1.807) is 0 Å². The Labute approximate surface area is 108 Å². The highest BCUT2D eigenvalue weighted by Crippen LogP contribution is 2.19. The number of ether oxygens (including phenoxy) is 1. The molecule has 0 heterocycles. The van der Waals surface area contributed by atoms with Crippen molar-refractivity contribution in [2.24, 2.45) is 0 Å². The average Bonchev–Trinajstić information content (AvgIpc) is 2.23. The zero-order valence-electron chi connectivity index (χ0n) is 10.1. The molecular weight excluding hydrogens is 287 g/mol.